The highest BCUT2D eigenvalue weighted by Crippen LogP contribution is 2.22. The molecule has 0 fully saturated rings. The molecule has 10 nitrogen and oxygen atoms in total. The van der Waals surface area contributed by atoms with Gasteiger partial charge in [-0.3, -0.25) is 0 Å². The number of nitrogen functional groups attached to an aromatic ring is 1. The molecule has 0 radical (unpaired) electrons. The molecule has 0 saturated carbocycles. The van der Waals surface area contributed by atoms with Crippen molar-refractivity contribution in [3.63, 3.8) is 0 Å². The molecule has 0 aliphatic rings. The molecule has 1 aromatic carbocycles. The molecule has 0 aliphatic heterocycles. The number of benzene rings is 1. The number of hydrogen-bond acceptors (Lipinski definition) is 9. The molecule has 29 heavy (non-hydrogen) atoms. The third-order valence-corrected chi connectivity index (χ3v) is 4.56. The maximum atomic E-state index is 11.1. The molecule has 3 rings (SSSR count). The third kappa shape index (κ3) is 6.36. The van der Waals surface area contributed by atoms with Crippen molar-refractivity contribution < 1.29 is 13.2 Å². The van der Waals surface area contributed by atoms with Gasteiger partial charge in [0, 0.05) is 18.5 Å². The summed E-state index contributed by atoms with van der Waals surface area (Å²) >= 11 is 0. The van der Waals surface area contributed by atoms with Crippen molar-refractivity contribution in [2.24, 2.45) is 5.14 Å². The maximum Gasteiger partial charge on any atom is 0.224 e. The first kappa shape index (κ1) is 20.4. The monoisotopic (exact) mass is 415 g/mol. The summed E-state index contributed by atoms with van der Waals surface area (Å²) in [6.45, 7) is 2.37. The van der Waals surface area contributed by atoms with Crippen LogP contribution >= 0.6 is 0 Å². The first-order valence-electron chi connectivity index (χ1n) is 8.76. The first-order chi connectivity index (χ1) is 13.8. The van der Waals surface area contributed by atoms with Gasteiger partial charge in [-0.2, -0.15) is 4.98 Å². The van der Waals surface area contributed by atoms with E-state index in [9.17, 15) is 8.42 Å². The van der Waals surface area contributed by atoms with Crippen LogP contribution in [0.25, 0.3) is 0 Å². The summed E-state index contributed by atoms with van der Waals surface area (Å²) in [4.78, 5) is 16.7. The Hall–Kier alpha value is -3.31. The number of aryl methyl sites for hydroxylation is 1. The zero-order valence-corrected chi connectivity index (χ0v) is 16.6. The van der Waals surface area contributed by atoms with Crippen LogP contribution < -0.4 is 20.9 Å². The summed E-state index contributed by atoms with van der Waals surface area (Å²) in [6, 6.07) is 8.12. The predicted octanol–water partition coefficient (Wildman–Crippen LogP) is 1.60. The van der Waals surface area contributed by atoms with Gasteiger partial charge in [-0.25, -0.2) is 28.5 Å². The molecule has 152 valence electrons. The van der Waals surface area contributed by atoms with Crippen LogP contribution in [0.2, 0.25) is 0 Å². The van der Waals surface area contributed by atoms with Gasteiger partial charge in [0.1, 0.15) is 5.75 Å². The Labute approximate surface area is 168 Å². The molecule has 0 spiro atoms. The fraction of sp³-hybridized carbons (Fsp3) is 0.222. The Kier molecular flexibility index (Phi) is 6.20. The average molecular weight is 415 g/mol. The highest BCUT2D eigenvalue weighted by molar-refractivity contribution is 7.88. The van der Waals surface area contributed by atoms with Crippen LogP contribution in [0, 0.1) is 0 Å². The normalized spacial score (nSPS) is 11.2. The third-order valence-electron chi connectivity index (χ3n) is 3.83. The maximum absolute atomic E-state index is 11.1. The first-order valence-corrected chi connectivity index (χ1v) is 10.5. The lowest BCUT2D eigenvalue weighted by Crippen LogP contribution is -2.14. The number of ether oxygens (including phenoxy) is 1. The second kappa shape index (κ2) is 8.80. The lowest BCUT2D eigenvalue weighted by atomic mass is 10.2. The van der Waals surface area contributed by atoms with Crippen LogP contribution in [0.5, 0.6) is 11.6 Å². The Morgan fingerprint density at radius 3 is 2.38 bits per heavy atom. The van der Waals surface area contributed by atoms with Crippen molar-refractivity contribution in [2.75, 3.05) is 11.1 Å². The highest BCUT2D eigenvalue weighted by Gasteiger charge is 2.08. The summed E-state index contributed by atoms with van der Waals surface area (Å²) in [6.07, 6.45) is 4.39. The van der Waals surface area contributed by atoms with E-state index in [1.807, 2.05) is 6.92 Å². The van der Waals surface area contributed by atoms with Gasteiger partial charge in [0.05, 0.1) is 18.0 Å². The second-order valence-electron chi connectivity index (χ2n) is 6.23. The molecule has 0 bridgehead atoms. The minimum atomic E-state index is -3.59. The van der Waals surface area contributed by atoms with Gasteiger partial charge >= 0.3 is 0 Å². The Bertz CT molecular complexity index is 1070. The molecule has 5 N–H and O–H groups in total. The van der Waals surface area contributed by atoms with E-state index in [0.29, 0.717) is 29.5 Å². The van der Waals surface area contributed by atoms with Crippen LogP contribution in [0.4, 0.5) is 11.9 Å². The van der Waals surface area contributed by atoms with Crippen LogP contribution in [-0.2, 0) is 28.7 Å². The van der Waals surface area contributed by atoms with Crippen molar-refractivity contribution in [3.8, 4) is 11.6 Å². The van der Waals surface area contributed by atoms with Gasteiger partial charge in [0.2, 0.25) is 27.8 Å². The minimum Gasteiger partial charge on any atom is -0.439 e. The number of nitrogens with one attached hydrogen (secondary N) is 1. The highest BCUT2D eigenvalue weighted by atomic mass is 32.2. The molecular formula is C18H21N7O3S. The van der Waals surface area contributed by atoms with E-state index in [2.05, 4.69) is 25.3 Å². The van der Waals surface area contributed by atoms with Crippen molar-refractivity contribution in [2.45, 2.75) is 25.6 Å². The summed E-state index contributed by atoms with van der Waals surface area (Å²) < 4.78 is 28.0. The number of sulfonamides is 1. The van der Waals surface area contributed by atoms with E-state index in [-0.39, 0.29) is 17.6 Å². The van der Waals surface area contributed by atoms with E-state index in [1.165, 1.54) is 0 Å². The Balaban J connectivity index is 1.66. The largest absolute Gasteiger partial charge is 0.439 e. The van der Waals surface area contributed by atoms with Gasteiger partial charge in [-0.15, -0.1) is 0 Å². The number of nitrogens with zero attached hydrogens (tertiary/aromatic N) is 4. The minimum absolute atomic E-state index is 0.0624. The predicted molar refractivity (Wildman–Crippen MR) is 109 cm³/mol. The van der Waals surface area contributed by atoms with Gasteiger partial charge in [0.25, 0.3) is 0 Å². The van der Waals surface area contributed by atoms with E-state index >= 15 is 0 Å². The van der Waals surface area contributed by atoms with E-state index in [0.717, 1.165) is 12.0 Å². The molecule has 11 heteroatoms. The second-order valence-corrected chi connectivity index (χ2v) is 7.85. The molecule has 0 unspecified atom stereocenters. The molecular weight excluding hydrogens is 394 g/mol. The van der Waals surface area contributed by atoms with Crippen molar-refractivity contribution in [1.29, 1.82) is 0 Å². The van der Waals surface area contributed by atoms with Crippen LogP contribution in [0.3, 0.4) is 0 Å². The van der Waals surface area contributed by atoms with Crippen LogP contribution in [0.15, 0.2) is 42.7 Å². The van der Waals surface area contributed by atoms with E-state index in [1.54, 1.807) is 42.7 Å². The molecule has 2 aromatic heterocycles. The number of primary sulfonamides is 1. The average Bonchev–Trinajstić information content (AvgIpc) is 2.67. The molecule has 3 aromatic rings. The summed E-state index contributed by atoms with van der Waals surface area (Å²) in [7, 11) is -3.59. The van der Waals surface area contributed by atoms with Crippen LogP contribution in [-0.4, -0.2) is 28.4 Å². The Morgan fingerprint density at radius 2 is 1.76 bits per heavy atom. The molecule has 0 atom stereocenters. The number of rotatable bonds is 8. The zero-order valence-electron chi connectivity index (χ0n) is 15.7. The van der Waals surface area contributed by atoms with Gasteiger partial charge in [0.15, 0.2) is 0 Å². The fourth-order valence-electron chi connectivity index (χ4n) is 2.44. The molecule has 0 saturated heterocycles. The van der Waals surface area contributed by atoms with Crippen LogP contribution in [0.1, 0.15) is 23.7 Å². The van der Waals surface area contributed by atoms with Crippen molar-refractivity contribution in [3.05, 3.63) is 59.5 Å². The summed E-state index contributed by atoms with van der Waals surface area (Å²) in [5.41, 5.74) is 7.98. The Morgan fingerprint density at radius 1 is 1.07 bits per heavy atom. The van der Waals surface area contributed by atoms with Crippen molar-refractivity contribution in [1.82, 2.24) is 19.9 Å². The standard InChI is InChI=1S/C18H21N7O3S/c1-2-12-8-21-18(22-9-12)23-10-14-7-16(25-17(19)24-14)28-15-5-3-13(4-6-15)11-29(20,26)27/h3-9H,2,10-11H2,1H3,(H2,19,24,25)(H2,20,26,27)(H,21,22,23). The van der Waals surface area contributed by atoms with Gasteiger partial charge in [-0.1, -0.05) is 19.1 Å². The summed E-state index contributed by atoms with van der Waals surface area (Å²) in [5, 5.41) is 8.11. The number of nitrogens with two attached hydrogens (primary N) is 2. The van der Waals surface area contributed by atoms with E-state index < -0.39 is 10.0 Å². The lowest BCUT2D eigenvalue weighted by molar-refractivity contribution is 0.461. The topological polar surface area (TPSA) is 159 Å². The number of anilines is 2. The smallest absolute Gasteiger partial charge is 0.224 e. The lowest BCUT2D eigenvalue weighted by Gasteiger charge is -2.09. The van der Waals surface area contributed by atoms with Gasteiger partial charge in [-0.05, 0) is 29.7 Å². The quantitative estimate of drug-likeness (QED) is 0.496. The van der Waals surface area contributed by atoms with E-state index in [4.69, 9.17) is 15.6 Å². The fourth-order valence-corrected chi connectivity index (χ4v) is 3.10. The number of hydrogen-bond donors (Lipinski definition) is 3. The SMILES string of the molecule is CCc1cnc(NCc2cc(Oc3ccc(CS(N)(=O)=O)cc3)nc(N)n2)nc1. The van der Waals surface area contributed by atoms with Gasteiger partial charge < -0.3 is 15.8 Å². The summed E-state index contributed by atoms with van der Waals surface area (Å²) in [5.74, 6) is 1.03. The molecule has 0 aliphatic carbocycles. The zero-order chi connectivity index (χ0) is 20.9. The number of aromatic nitrogens is 4. The molecule has 2 heterocycles. The van der Waals surface area contributed by atoms with Crippen molar-refractivity contribution >= 4 is 21.9 Å². The molecule has 0 amide bonds.